The molecule has 128 valence electrons. The fraction of sp³-hybridized carbons (Fsp3) is 0.333. The highest BCUT2D eigenvalue weighted by atomic mass is 35.5. The zero-order valence-corrected chi connectivity index (χ0v) is 15.1. The number of halogens is 1. The summed E-state index contributed by atoms with van der Waals surface area (Å²) < 4.78 is 32.7. The van der Waals surface area contributed by atoms with Crippen molar-refractivity contribution in [3.63, 3.8) is 0 Å². The SMILES string of the molecule is Cc1cc(S(=O)(=O)NCCOc2ccc3c(c2)CCC3)ccc1Cl. The Morgan fingerprint density at radius 3 is 2.71 bits per heavy atom. The third kappa shape index (κ3) is 3.91. The highest BCUT2D eigenvalue weighted by Gasteiger charge is 2.15. The van der Waals surface area contributed by atoms with Gasteiger partial charge in [0.15, 0.2) is 0 Å². The Morgan fingerprint density at radius 2 is 1.92 bits per heavy atom. The lowest BCUT2D eigenvalue weighted by molar-refractivity contribution is 0.322. The highest BCUT2D eigenvalue weighted by molar-refractivity contribution is 7.89. The van der Waals surface area contributed by atoms with Crippen LogP contribution in [0.4, 0.5) is 0 Å². The number of ether oxygens (including phenoxy) is 1. The Kier molecular flexibility index (Phi) is 5.13. The van der Waals surface area contributed by atoms with Gasteiger partial charge in [0.1, 0.15) is 12.4 Å². The maximum absolute atomic E-state index is 12.3. The van der Waals surface area contributed by atoms with Crippen LogP contribution in [0.25, 0.3) is 0 Å². The Bertz CT molecular complexity index is 849. The van der Waals surface area contributed by atoms with E-state index in [1.54, 1.807) is 19.1 Å². The molecule has 0 atom stereocenters. The largest absolute Gasteiger partial charge is 0.492 e. The quantitative estimate of drug-likeness (QED) is 0.797. The van der Waals surface area contributed by atoms with Crippen molar-refractivity contribution in [3.05, 3.63) is 58.1 Å². The summed E-state index contributed by atoms with van der Waals surface area (Å²) in [6, 6.07) is 10.7. The fourth-order valence-electron chi connectivity index (χ4n) is 2.85. The van der Waals surface area contributed by atoms with Crippen molar-refractivity contribution in [2.75, 3.05) is 13.2 Å². The van der Waals surface area contributed by atoms with Crippen LogP contribution in [-0.2, 0) is 22.9 Å². The zero-order valence-electron chi connectivity index (χ0n) is 13.5. The molecule has 0 saturated heterocycles. The van der Waals surface area contributed by atoms with Crippen LogP contribution >= 0.6 is 11.6 Å². The molecule has 4 nitrogen and oxygen atoms in total. The number of nitrogens with one attached hydrogen (secondary N) is 1. The molecule has 2 aromatic rings. The normalized spacial score (nSPS) is 13.8. The molecule has 0 radical (unpaired) electrons. The van der Waals surface area contributed by atoms with E-state index < -0.39 is 10.0 Å². The zero-order chi connectivity index (χ0) is 17.2. The topological polar surface area (TPSA) is 55.4 Å². The van der Waals surface area contributed by atoms with Crippen molar-refractivity contribution >= 4 is 21.6 Å². The monoisotopic (exact) mass is 365 g/mol. The lowest BCUT2D eigenvalue weighted by Gasteiger charge is -2.10. The number of hydrogen-bond acceptors (Lipinski definition) is 3. The first kappa shape index (κ1) is 17.3. The molecule has 0 heterocycles. The summed E-state index contributed by atoms with van der Waals surface area (Å²) in [6.07, 6.45) is 3.42. The van der Waals surface area contributed by atoms with Crippen LogP contribution in [0.15, 0.2) is 41.3 Å². The van der Waals surface area contributed by atoms with Crippen molar-refractivity contribution in [2.24, 2.45) is 0 Å². The molecule has 24 heavy (non-hydrogen) atoms. The van der Waals surface area contributed by atoms with Gasteiger partial charge in [-0.3, -0.25) is 0 Å². The van der Waals surface area contributed by atoms with Crippen molar-refractivity contribution in [2.45, 2.75) is 31.1 Å². The Balaban J connectivity index is 1.54. The second kappa shape index (κ2) is 7.13. The summed E-state index contributed by atoms with van der Waals surface area (Å²) in [6.45, 7) is 2.27. The molecule has 2 aromatic carbocycles. The van der Waals surface area contributed by atoms with Crippen LogP contribution in [0.2, 0.25) is 5.02 Å². The van der Waals surface area contributed by atoms with E-state index in [4.69, 9.17) is 16.3 Å². The van der Waals surface area contributed by atoms with Gasteiger partial charge in [-0.05, 0) is 73.2 Å². The molecule has 0 unspecified atom stereocenters. The molecule has 1 aliphatic carbocycles. The maximum Gasteiger partial charge on any atom is 0.240 e. The van der Waals surface area contributed by atoms with E-state index in [0.717, 1.165) is 24.2 Å². The molecular weight excluding hydrogens is 346 g/mol. The summed E-state index contributed by atoms with van der Waals surface area (Å²) in [5, 5.41) is 0.550. The van der Waals surface area contributed by atoms with Crippen LogP contribution in [0.5, 0.6) is 5.75 Å². The van der Waals surface area contributed by atoms with E-state index in [1.165, 1.54) is 23.6 Å². The van der Waals surface area contributed by atoms with Crippen molar-refractivity contribution < 1.29 is 13.2 Å². The Hall–Kier alpha value is -1.56. The van der Waals surface area contributed by atoms with Gasteiger partial charge < -0.3 is 4.74 Å². The number of fused-ring (bicyclic) bond motifs is 1. The minimum absolute atomic E-state index is 0.209. The van der Waals surface area contributed by atoms with Gasteiger partial charge in [-0.1, -0.05) is 17.7 Å². The maximum atomic E-state index is 12.3. The van der Waals surface area contributed by atoms with Crippen molar-refractivity contribution in [1.29, 1.82) is 0 Å². The van der Waals surface area contributed by atoms with E-state index in [0.29, 0.717) is 5.02 Å². The first-order valence-electron chi connectivity index (χ1n) is 7.96. The molecule has 1 N–H and O–H groups in total. The summed E-state index contributed by atoms with van der Waals surface area (Å²) in [5.74, 6) is 0.789. The predicted molar refractivity (Wildman–Crippen MR) is 95.3 cm³/mol. The molecule has 0 spiro atoms. The molecule has 3 rings (SSSR count). The van der Waals surface area contributed by atoms with Crippen LogP contribution in [0.1, 0.15) is 23.1 Å². The predicted octanol–water partition coefficient (Wildman–Crippen LogP) is 3.49. The third-order valence-corrected chi connectivity index (χ3v) is 6.06. The fourth-order valence-corrected chi connectivity index (χ4v) is 4.07. The second-order valence-electron chi connectivity index (χ2n) is 5.94. The summed E-state index contributed by atoms with van der Waals surface area (Å²) >= 11 is 5.93. The van der Waals surface area contributed by atoms with Gasteiger partial charge in [-0.15, -0.1) is 0 Å². The van der Waals surface area contributed by atoms with Crippen molar-refractivity contribution in [3.8, 4) is 5.75 Å². The van der Waals surface area contributed by atoms with Gasteiger partial charge in [0.25, 0.3) is 0 Å². The molecule has 1 aliphatic rings. The van der Waals surface area contributed by atoms with Gasteiger partial charge in [0, 0.05) is 11.6 Å². The Morgan fingerprint density at radius 1 is 1.12 bits per heavy atom. The van der Waals surface area contributed by atoms with Crippen LogP contribution in [0, 0.1) is 6.92 Å². The van der Waals surface area contributed by atoms with Crippen molar-refractivity contribution in [1.82, 2.24) is 4.72 Å². The van der Waals surface area contributed by atoms with Gasteiger partial charge >= 0.3 is 0 Å². The Labute approximate surface area is 147 Å². The van der Waals surface area contributed by atoms with E-state index in [1.807, 2.05) is 6.07 Å². The van der Waals surface area contributed by atoms with E-state index in [9.17, 15) is 8.42 Å². The number of rotatable bonds is 6. The summed E-state index contributed by atoms with van der Waals surface area (Å²) in [5.41, 5.74) is 3.46. The molecular formula is C18H20ClNO3S. The molecule has 0 amide bonds. The third-order valence-electron chi connectivity index (χ3n) is 4.17. The standard InChI is InChI=1S/C18H20ClNO3S/c1-13-11-17(7-8-18(13)19)24(21,22)20-9-10-23-16-6-5-14-3-2-4-15(14)12-16/h5-8,11-12,20H,2-4,9-10H2,1H3. The molecule has 0 saturated carbocycles. The lowest BCUT2D eigenvalue weighted by atomic mass is 10.1. The van der Waals surface area contributed by atoms with Crippen LogP contribution < -0.4 is 9.46 Å². The first-order valence-corrected chi connectivity index (χ1v) is 9.82. The number of hydrogen-bond donors (Lipinski definition) is 1. The molecule has 0 bridgehead atoms. The van der Waals surface area contributed by atoms with Gasteiger partial charge in [-0.2, -0.15) is 0 Å². The van der Waals surface area contributed by atoms with Gasteiger partial charge in [0.05, 0.1) is 4.90 Å². The highest BCUT2D eigenvalue weighted by Crippen LogP contribution is 2.26. The minimum Gasteiger partial charge on any atom is -0.492 e. The molecule has 0 aromatic heterocycles. The van der Waals surface area contributed by atoms with Crippen LogP contribution in [0.3, 0.4) is 0 Å². The summed E-state index contributed by atoms with van der Waals surface area (Å²) in [7, 11) is -3.55. The average Bonchev–Trinajstić information content (AvgIpc) is 3.02. The molecule has 6 heteroatoms. The number of aryl methyl sites for hydroxylation is 3. The van der Waals surface area contributed by atoms with Gasteiger partial charge in [-0.25, -0.2) is 13.1 Å². The molecule has 0 aliphatic heterocycles. The summed E-state index contributed by atoms with van der Waals surface area (Å²) in [4.78, 5) is 0.210. The van der Waals surface area contributed by atoms with Gasteiger partial charge in [0.2, 0.25) is 10.0 Å². The first-order chi connectivity index (χ1) is 11.5. The number of benzene rings is 2. The smallest absolute Gasteiger partial charge is 0.240 e. The van der Waals surface area contributed by atoms with Crippen LogP contribution in [-0.4, -0.2) is 21.6 Å². The van der Waals surface area contributed by atoms with E-state index in [-0.39, 0.29) is 18.0 Å². The van der Waals surface area contributed by atoms with E-state index in [2.05, 4.69) is 16.9 Å². The number of sulfonamides is 1. The van der Waals surface area contributed by atoms with E-state index >= 15 is 0 Å². The average molecular weight is 366 g/mol. The second-order valence-corrected chi connectivity index (χ2v) is 8.12. The molecule has 0 fully saturated rings. The minimum atomic E-state index is -3.55. The lowest BCUT2D eigenvalue weighted by Crippen LogP contribution is -2.28.